The lowest BCUT2D eigenvalue weighted by Crippen LogP contribution is -2.08. The maximum atomic E-state index is 12.8. The van der Waals surface area contributed by atoms with Crippen LogP contribution in [0.1, 0.15) is 9.67 Å². The number of hydrogen-bond donors (Lipinski definition) is 2. The Balaban J connectivity index is 2.63. The fourth-order valence-corrected chi connectivity index (χ4v) is 6.13. The van der Waals surface area contributed by atoms with E-state index >= 15 is 0 Å². The number of benzene rings is 1. The van der Waals surface area contributed by atoms with Crippen molar-refractivity contribution in [1.29, 1.82) is 4.78 Å². The summed E-state index contributed by atoms with van der Waals surface area (Å²) in [7, 11) is -3.17. The molecule has 2 aromatic rings. The molecule has 0 saturated carbocycles. The highest BCUT2D eigenvalue weighted by Crippen LogP contribution is 2.37. The van der Waals surface area contributed by atoms with Crippen molar-refractivity contribution in [2.45, 2.75) is 14.0 Å². The lowest BCUT2D eigenvalue weighted by Gasteiger charge is -2.08. The molecule has 0 bridgehead atoms. The number of thiophene rings is 1. The van der Waals surface area contributed by atoms with Gasteiger partial charge in [0.2, 0.25) is 0 Å². The second-order valence-electron chi connectivity index (χ2n) is 3.84. The number of nitrogens with two attached hydrogens (primary N) is 1. The monoisotopic (exact) mass is 390 g/mol. The summed E-state index contributed by atoms with van der Waals surface area (Å²) in [5, 5.41) is 0. The molecular formula is C12H11BrN2O2S3. The highest BCUT2D eigenvalue weighted by Gasteiger charge is 2.22. The van der Waals surface area contributed by atoms with Crippen LogP contribution in [0.5, 0.6) is 0 Å². The molecule has 4 nitrogen and oxygen atoms in total. The summed E-state index contributed by atoms with van der Waals surface area (Å²) >= 11 is 5.84. The molecule has 1 heterocycles. The summed E-state index contributed by atoms with van der Waals surface area (Å²) in [5.74, 6) is -0.569. The van der Waals surface area contributed by atoms with Crippen molar-refractivity contribution < 1.29 is 9.00 Å². The van der Waals surface area contributed by atoms with E-state index in [1.807, 2.05) is 6.26 Å². The van der Waals surface area contributed by atoms with E-state index in [4.69, 9.17) is 10.5 Å². The number of carbonyl (C=O) groups is 1. The molecule has 1 unspecified atom stereocenters. The first kappa shape index (κ1) is 15.6. The summed E-state index contributed by atoms with van der Waals surface area (Å²) in [6, 6.07) is 8.30. The van der Waals surface area contributed by atoms with Gasteiger partial charge in [-0.15, -0.1) is 23.1 Å². The quantitative estimate of drug-likeness (QED) is 0.778. The number of hydrogen-bond acceptors (Lipinski definition) is 5. The summed E-state index contributed by atoms with van der Waals surface area (Å²) in [6.07, 6.45) is 1.82. The Morgan fingerprint density at radius 3 is 2.70 bits per heavy atom. The molecule has 3 N–H and O–H groups in total. The van der Waals surface area contributed by atoms with Crippen LogP contribution in [0.15, 0.2) is 48.8 Å². The Kier molecular flexibility index (Phi) is 4.58. The molecule has 0 aliphatic rings. The molecule has 0 spiro atoms. The molecule has 1 amide bonds. The van der Waals surface area contributed by atoms with E-state index in [1.165, 1.54) is 29.2 Å². The van der Waals surface area contributed by atoms with E-state index in [9.17, 15) is 9.00 Å². The Morgan fingerprint density at radius 1 is 1.45 bits per heavy atom. The van der Waals surface area contributed by atoms with Crippen molar-refractivity contribution in [3.8, 4) is 0 Å². The number of amides is 1. The van der Waals surface area contributed by atoms with Gasteiger partial charge in [0.1, 0.15) is 9.73 Å². The number of nitrogens with one attached hydrogen (secondary N) is 1. The third-order valence-electron chi connectivity index (χ3n) is 2.53. The lowest BCUT2D eigenvalue weighted by molar-refractivity contribution is 0.100. The van der Waals surface area contributed by atoms with Crippen molar-refractivity contribution in [1.82, 2.24) is 0 Å². The second-order valence-corrected chi connectivity index (χ2v) is 8.91. The molecule has 106 valence electrons. The zero-order valence-corrected chi connectivity index (χ0v) is 14.4. The molecular weight excluding hydrogens is 380 g/mol. The fourth-order valence-electron chi connectivity index (χ4n) is 1.59. The van der Waals surface area contributed by atoms with Crippen molar-refractivity contribution in [3.63, 3.8) is 0 Å². The van der Waals surface area contributed by atoms with Crippen molar-refractivity contribution in [3.05, 3.63) is 39.7 Å². The van der Waals surface area contributed by atoms with Gasteiger partial charge in [-0.2, -0.15) is 0 Å². The van der Waals surface area contributed by atoms with Gasteiger partial charge in [-0.1, -0.05) is 22.0 Å². The summed E-state index contributed by atoms with van der Waals surface area (Å²) in [5.41, 5.74) is 5.26. The Hall–Kier alpha value is -0.830. The van der Waals surface area contributed by atoms with Crippen LogP contribution in [0.2, 0.25) is 0 Å². The number of rotatable bonds is 4. The zero-order chi connectivity index (χ0) is 14.9. The summed E-state index contributed by atoms with van der Waals surface area (Å²) in [4.78, 5) is 12.3. The zero-order valence-electron chi connectivity index (χ0n) is 10.4. The average molecular weight is 391 g/mol. The number of thioether (sulfide) groups is 1. The first-order valence-electron chi connectivity index (χ1n) is 5.38. The van der Waals surface area contributed by atoms with E-state index < -0.39 is 15.6 Å². The van der Waals surface area contributed by atoms with Gasteiger partial charge < -0.3 is 5.73 Å². The van der Waals surface area contributed by atoms with E-state index in [2.05, 4.69) is 15.9 Å². The minimum atomic E-state index is -3.17. The maximum Gasteiger partial charge on any atom is 0.258 e. The highest BCUT2D eigenvalue weighted by molar-refractivity contribution is 9.10. The van der Waals surface area contributed by atoms with Gasteiger partial charge in [0.05, 0.1) is 18.9 Å². The molecule has 0 aliphatic carbocycles. The van der Waals surface area contributed by atoms with Gasteiger partial charge >= 0.3 is 0 Å². The van der Waals surface area contributed by atoms with E-state index in [0.717, 1.165) is 4.47 Å². The molecule has 1 aromatic heterocycles. The predicted molar refractivity (Wildman–Crippen MR) is 86.2 cm³/mol. The average Bonchev–Trinajstić information content (AvgIpc) is 2.83. The Labute approximate surface area is 133 Å². The van der Waals surface area contributed by atoms with Crippen LogP contribution in [0.4, 0.5) is 0 Å². The third-order valence-corrected chi connectivity index (χ3v) is 7.43. The van der Waals surface area contributed by atoms with Crippen LogP contribution in [0.3, 0.4) is 0 Å². The Bertz CT molecular complexity index is 769. The smallest absolute Gasteiger partial charge is 0.258 e. The SMILES string of the molecule is CSc1sc(C(N)=O)cc1S(=N)(=O)c1cccc(Br)c1. The third kappa shape index (κ3) is 2.93. The van der Waals surface area contributed by atoms with E-state index in [0.29, 0.717) is 18.9 Å². The second kappa shape index (κ2) is 5.88. The molecule has 20 heavy (non-hydrogen) atoms. The van der Waals surface area contributed by atoms with Crippen LogP contribution in [-0.2, 0) is 9.73 Å². The summed E-state index contributed by atoms with van der Waals surface area (Å²) < 4.78 is 22.5. The minimum Gasteiger partial charge on any atom is -0.365 e. The molecule has 0 aliphatic heterocycles. The van der Waals surface area contributed by atoms with E-state index in [1.54, 1.807) is 24.3 Å². The Morgan fingerprint density at radius 2 is 2.15 bits per heavy atom. The number of primary amides is 1. The van der Waals surface area contributed by atoms with Gasteiger partial charge in [0.15, 0.2) is 0 Å². The van der Waals surface area contributed by atoms with Crippen LogP contribution in [0.25, 0.3) is 0 Å². The van der Waals surface area contributed by atoms with Gasteiger partial charge in [-0.05, 0) is 30.5 Å². The highest BCUT2D eigenvalue weighted by atomic mass is 79.9. The first-order chi connectivity index (χ1) is 9.36. The number of carbonyl (C=O) groups excluding carboxylic acids is 1. The molecule has 0 radical (unpaired) electrons. The summed E-state index contributed by atoms with van der Waals surface area (Å²) in [6.45, 7) is 0. The van der Waals surface area contributed by atoms with Crippen molar-refractivity contribution >= 4 is 54.7 Å². The van der Waals surface area contributed by atoms with Crippen LogP contribution in [-0.4, -0.2) is 16.4 Å². The van der Waals surface area contributed by atoms with Crippen LogP contribution in [0, 0.1) is 4.78 Å². The van der Waals surface area contributed by atoms with Gasteiger partial charge in [-0.25, -0.2) is 8.99 Å². The predicted octanol–water partition coefficient (Wildman–Crippen LogP) is 3.80. The molecule has 8 heteroatoms. The molecule has 1 aromatic carbocycles. The normalized spacial score (nSPS) is 13.9. The van der Waals surface area contributed by atoms with E-state index in [-0.39, 0.29) is 0 Å². The van der Waals surface area contributed by atoms with Crippen molar-refractivity contribution in [2.24, 2.45) is 5.73 Å². The van der Waals surface area contributed by atoms with Crippen LogP contribution < -0.4 is 5.73 Å². The van der Waals surface area contributed by atoms with Gasteiger partial charge in [-0.3, -0.25) is 4.79 Å². The van der Waals surface area contributed by atoms with Crippen LogP contribution >= 0.6 is 39.0 Å². The largest absolute Gasteiger partial charge is 0.365 e. The van der Waals surface area contributed by atoms with Gasteiger partial charge in [0, 0.05) is 4.47 Å². The van der Waals surface area contributed by atoms with Crippen molar-refractivity contribution in [2.75, 3.05) is 6.26 Å². The number of halogens is 1. The minimum absolute atomic E-state index is 0.319. The molecule has 1 atom stereocenters. The molecule has 0 fully saturated rings. The molecule has 2 rings (SSSR count). The fraction of sp³-hybridized carbons (Fsp3) is 0.0833. The standard InChI is InChI=1S/C12H11BrN2O2S3/c1-18-12-10(6-9(19-12)11(14)16)20(15,17)8-4-2-3-7(13)5-8/h2-6,15H,1H3,(H2,14,16). The topological polar surface area (TPSA) is 84.0 Å². The maximum absolute atomic E-state index is 12.8. The first-order valence-corrected chi connectivity index (χ1v) is 9.77. The van der Waals surface area contributed by atoms with Gasteiger partial charge in [0.25, 0.3) is 5.91 Å². The lowest BCUT2D eigenvalue weighted by atomic mass is 10.4. The molecule has 0 saturated heterocycles.